The Morgan fingerprint density at radius 2 is 1.94 bits per heavy atom. The van der Waals surface area contributed by atoms with Gasteiger partial charge in [0.05, 0.1) is 13.2 Å². The Morgan fingerprint density at radius 3 is 2.59 bits per heavy atom. The Labute approximate surface area is 104 Å². The van der Waals surface area contributed by atoms with Crippen LogP contribution >= 0.6 is 11.6 Å². The largest absolute Gasteiger partial charge is 0.455 e. The minimum Gasteiger partial charge on any atom is -0.455 e. The molecular weight excluding hydrogens is 244 g/mol. The molecule has 0 saturated carbocycles. The van der Waals surface area contributed by atoms with Crippen molar-refractivity contribution in [3.8, 4) is 6.01 Å². The van der Waals surface area contributed by atoms with Gasteiger partial charge in [0.1, 0.15) is 6.10 Å². The monoisotopic (exact) mass is 256 g/mol. The molecule has 92 valence electrons. The first-order valence-corrected chi connectivity index (χ1v) is 6.10. The number of halogens is 1. The summed E-state index contributed by atoms with van der Waals surface area (Å²) >= 11 is 5.87. The van der Waals surface area contributed by atoms with Crippen LogP contribution in [0.25, 0.3) is 0 Å². The molecule has 17 heavy (non-hydrogen) atoms. The summed E-state index contributed by atoms with van der Waals surface area (Å²) in [6.07, 6.45) is 2.37. The number of ether oxygens (including phenoxy) is 2. The molecule has 3 heterocycles. The van der Waals surface area contributed by atoms with E-state index in [9.17, 15) is 0 Å². The Balaban J connectivity index is 1.78. The maximum Gasteiger partial charge on any atom is 0.323 e. The third-order valence-corrected chi connectivity index (χ3v) is 3.01. The lowest BCUT2D eigenvalue weighted by molar-refractivity contribution is -0.0831. The first-order chi connectivity index (χ1) is 8.31. The Morgan fingerprint density at radius 1 is 1.18 bits per heavy atom. The number of nitrogens with zero attached hydrogens (tertiary/aromatic N) is 4. The predicted octanol–water partition coefficient (Wildman–Crippen LogP) is 0.903. The molecule has 2 saturated heterocycles. The highest BCUT2D eigenvalue weighted by Crippen LogP contribution is 2.20. The number of aromatic nitrogens is 3. The zero-order chi connectivity index (χ0) is 11.7. The highest BCUT2D eigenvalue weighted by molar-refractivity contribution is 6.28. The average Bonchev–Trinajstić information content (AvgIpc) is 2.76. The lowest BCUT2D eigenvalue weighted by Crippen LogP contribution is -2.39. The fraction of sp³-hybridized carbons (Fsp3) is 0.700. The van der Waals surface area contributed by atoms with E-state index in [1.54, 1.807) is 0 Å². The Bertz CT molecular complexity index is 407. The van der Waals surface area contributed by atoms with Crippen LogP contribution in [0.4, 0.5) is 5.95 Å². The van der Waals surface area contributed by atoms with Crippen molar-refractivity contribution < 1.29 is 9.47 Å². The number of hydrogen-bond acceptors (Lipinski definition) is 6. The van der Waals surface area contributed by atoms with E-state index in [1.807, 2.05) is 0 Å². The first kappa shape index (κ1) is 11.0. The molecule has 2 aliphatic rings. The van der Waals surface area contributed by atoms with Gasteiger partial charge in [-0.25, -0.2) is 0 Å². The fourth-order valence-electron chi connectivity index (χ4n) is 1.86. The van der Waals surface area contributed by atoms with Crippen molar-refractivity contribution in [2.24, 2.45) is 0 Å². The number of anilines is 1. The van der Waals surface area contributed by atoms with Crippen molar-refractivity contribution in [3.63, 3.8) is 0 Å². The third-order valence-electron chi connectivity index (χ3n) is 2.84. The standard InChI is InChI=1S/C10H13ClN4O2/c11-8-12-9(15-3-1-2-4-15)14-10(13-8)17-7-5-16-6-7/h7H,1-6H2. The van der Waals surface area contributed by atoms with E-state index in [0.29, 0.717) is 25.2 Å². The van der Waals surface area contributed by atoms with Crippen molar-refractivity contribution in [2.75, 3.05) is 31.2 Å². The molecule has 1 aromatic heterocycles. The molecule has 1 aromatic rings. The summed E-state index contributed by atoms with van der Waals surface area (Å²) in [4.78, 5) is 14.5. The molecule has 0 unspecified atom stereocenters. The minimum absolute atomic E-state index is 0.0416. The van der Waals surface area contributed by atoms with Gasteiger partial charge in [0.25, 0.3) is 0 Å². The van der Waals surface area contributed by atoms with Crippen molar-refractivity contribution in [3.05, 3.63) is 5.28 Å². The van der Waals surface area contributed by atoms with Crippen LogP contribution in [0, 0.1) is 0 Å². The maximum absolute atomic E-state index is 5.87. The number of hydrogen-bond donors (Lipinski definition) is 0. The summed E-state index contributed by atoms with van der Waals surface area (Å²) in [7, 11) is 0. The Kier molecular flexibility index (Phi) is 2.98. The molecule has 2 fully saturated rings. The quantitative estimate of drug-likeness (QED) is 0.801. The Hall–Kier alpha value is -1.14. The predicted molar refractivity (Wildman–Crippen MR) is 61.5 cm³/mol. The van der Waals surface area contributed by atoms with Crippen LogP contribution in [0.1, 0.15) is 12.8 Å². The molecule has 0 radical (unpaired) electrons. The van der Waals surface area contributed by atoms with E-state index in [0.717, 1.165) is 25.9 Å². The van der Waals surface area contributed by atoms with E-state index in [4.69, 9.17) is 21.1 Å². The molecule has 6 nitrogen and oxygen atoms in total. The minimum atomic E-state index is 0.0416. The van der Waals surface area contributed by atoms with Gasteiger partial charge in [0.2, 0.25) is 11.2 Å². The summed E-state index contributed by atoms with van der Waals surface area (Å²) in [5.74, 6) is 0.609. The lowest BCUT2D eigenvalue weighted by Gasteiger charge is -2.25. The summed E-state index contributed by atoms with van der Waals surface area (Å²) < 4.78 is 10.6. The van der Waals surface area contributed by atoms with Crippen molar-refractivity contribution in [2.45, 2.75) is 18.9 Å². The van der Waals surface area contributed by atoms with Gasteiger partial charge < -0.3 is 14.4 Å². The van der Waals surface area contributed by atoms with Crippen molar-refractivity contribution >= 4 is 17.5 Å². The first-order valence-electron chi connectivity index (χ1n) is 5.72. The van der Waals surface area contributed by atoms with Gasteiger partial charge in [-0.15, -0.1) is 0 Å². The molecule has 3 rings (SSSR count). The summed E-state index contributed by atoms with van der Waals surface area (Å²) in [5.41, 5.74) is 0. The highest BCUT2D eigenvalue weighted by atomic mass is 35.5. The van der Waals surface area contributed by atoms with E-state index in [-0.39, 0.29) is 11.4 Å². The summed E-state index contributed by atoms with van der Waals surface area (Å²) in [5, 5.41) is 0.178. The summed E-state index contributed by atoms with van der Waals surface area (Å²) in [6, 6.07) is 0.292. The van der Waals surface area contributed by atoms with Gasteiger partial charge in [-0.2, -0.15) is 15.0 Å². The molecule has 0 aliphatic carbocycles. The molecule has 0 bridgehead atoms. The molecule has 7 heteroatoms. The smallest absolute Gasteiger partial charge is 0.323 e. The van der Waals surface area contributed by atoms with Crippen LogP contribution in [0.2, 0.25) is 5.28 Å². The van der Waals surface area contributed by atoms with Gasteiger partial charge in [0.15, 0.2) is 0 Å². The highest BCUT2D eigenvalue weighted by Gasteiger charge is 2.23. The molecule has 0 atom stereocenters. The van der Waals surface area contributed by atoms with Crippen LogP contribution < -0.4 is 9.64 Å². The van der Waals surface area contributed by atoms with Gasteiger partial charge in [0, 0.05) is 13.1 Å². The van der Waals surface area contributed by atoms with Crippen LogP contribution in [-0.4, -0.2) is 47.4 Å². The number of rotatable bonds is 3. The second kappa shape index (κ2) is 4.62. The van der Waals surface area contributed by atoms with Crippen LogP contribution in [0.5, 0.6) is 6.01 Å². The second-order valence-corrected chi connectivity index (χ2v) is 4.50. The van der Waals surface area contributed by atoms with E-state index < -0.39 is 0 Å². The van der Waals surface area contributed by atoms with E-state index in [1.165, 1.54) is 0 Å². The van der Waals surface area contributed by atoms with E-state index >= 15 is 0 Å². The SMILES string of the molecule is Clc1nc(OC2COC2)nc(N2CCCC2)n1. The van der Waals surface area contributed by atoms with Crippen LogP contribution in [-0.2, 0) is 4.74 Å². The molecule has 0 aromatic carbocycles. The van der Waals surface area contributed by atoms with Gasteiger partial charge >= 0.3 is 6.01 Å². The lowest BCUT2D eigenvalue weighted by atomic mass is 10.3. The van der Waals surface area contributed by atoms with Crippen molar-refractivity contribution in [1.29, 1.82) is 0 Å². The normalized spacial score (nSPS) is 20.4. The van der Waals surface area contributed by atoms with Crippen molar-refractivity contribution in [1.82, 2.24) is 15.0 Å². The average molecular weight is 257 g/mol. The zero-order valence-corrected chi connectivity index (χ0v) is 10.1. The van der Waals surface area contributed by atoms with Gasteiger partial charge in [-0.05, 0) is 24.4 Å². The second-order valence-electron chi connectivity index (χ2n) is 4.16. The summed E-state index contributed by atoms with van der Waals surface area (Å²) in [6.45, 7) is 3.10. The fourth-order valence-corrected chi connectivity index (χ4v) is 2.01. The maximum atomic E-state index is 5.87. The van der Waals surface area contributed by atoms with Gasteiger partial charge in [-0.1, -0.05) is 0 Å². The molecule has 0 amide bonds. The molecular formula is C10H13ClN4O2. The van der Waals surface area contributed by atoms with Gasteiger partial charge in [-0.3, -0.25) is 0 Å². The topological polar surface area (TPSA) is 60.4 Å². The van der Waals surface area contributed by atoms with Crippen LogP contribution in [0.15, 0.2) is 0 Å². The van der Waals surface area contributed by atoms with E-state index in [2.05, 4.69) is 19.9 Å². The molecule has 0 N–H and O–H groups in total. The van der Waals surface area contributed by atoms with Crippen LogP contribution in [0.3, 0.4) is 0 Å². The molecule has 2 aliphatic heterocycles. The zero-order valence-electron chi connectivity index (χ0n) is 9.30. The molecule has 0 spiro atoms. The third kappa shape index (κ3) is 2.42.